The number of hydrogen-bond acceptors (Lipinski definition) is 4. The van der Waals surface area contributed by atoms with Crippen LogP contribution in [-0.4, -0.2) is 68.7 Å². The van der Waals surface area contributed by atoms with Crippen LogP contribution in [0, 0.1) is 12.7 Å². The number of guanidine groups is 1. The maximum atomic E-state index is 13.6. The van der Waals surface area contributed by atoms with E-state index in [2.05, 4.69) is 20.9 Å². The van der Waals surface area contributed by atoms with Crippen molar-refractivity contribution in [2.75, 3.05) is 39.8 Å². The third-order valence-electron chi connectivity index (χ3n) is 4.72. The lowest BCUT2D eigenvalue weighted by molar-refractivity contribution is 0.0947. The van der Waals surface area contributed by atoms with E-state index in [9.17, 15) is 14.0 Å². The fourth-order valence-corrected chi connectivity index (χ4v) is 3.00. The van der Waals surface area contributed by atoms with Crippen LogP contribution in [0.5, 0.6) is 0 Å². The molecule has 0 spiro atoms. The van der Waals surface area contributed by atoms with Crippen molar-refractivity contribution >= 4 is 41.9 Å². The van der Waals surface area contributed by atoms with Crippen molar-refractivity contribution in [2.24, 2.45) is 4.99 Å². The zero-order valence-corrected chi connectivity index (χ0v) is 20.0. The quantitative estimate of drug-likeness (QED) is 0.225. The summed E-state index contributed by atoms with van der Waals surface area (Å²) in [6.07, 6.45) is 1.34. The van der Waals surface area contributed by atoms with E-state index in [1.54, 1.807) is 37.9 Å². The lowest BCUT2D eigenvalue weighted by atomic mass is 10.1. The molecule has 1 aromatic carbocycles. The Morgan fingerprint density at radius 2 is 1.90 bits per heavy atom. The van der Waals surface area contributed by atoms with Crippen molar-refractivity contribution in [2.45, 2.75) is 32.7 Å². The molecular weight excluding hydrogens is 504 g/mol. The number of rotatable bonds is 6. The topological polar surface area (TPSA) is 95.1 Å². The van der Waals surface area contributed by atoms with Crippen LogP contribution in [0.15, 0.2) is 23.2 Å². The van der Waals surface area contributed by atoms with E-state index in [0.717, 1.165) is 12.8 Å². The van der Waals surface area contributed by atoms with Gasteiger partial charge >= 0.3 is 6.09 Å². The number of amides is 2. The fourth-order valence-electron chi connectivity index (χ4n) is 3.00. The standard InChI is InChI=1S/C20H30FN5O3.HI/c1-4-29-20(28)26-11-7-16(8-12-26)25-19(22-3)24-10-9-23-18(27)15-6-5-14(2)17(21)13-15;/h5-6,13,16H,4,7-12H2,1-3H3,(H,23,27)(H2,22,24,25);1H. The molecule has 1 aromatic rings. The zero-order chi connectivity index (χ0) is 21.2. The average molecular weight is 535 g/mol. The van der Waals surface area contributed by atoms with Crippen LogP contribution in [0.2, 0.25) is 0 Å². The number of nitrogens with zero attached hydrogens (tertiary/aromatic N) is 2. The van der Waals surface area contributed by atoms with Gasteiger partial charge in [-0.2, -0.15) is 0 Å². The van der Waals surface area contributed by atoms with Crippen molar-refractivity contribution in [1.29, 1.82) is 0 Å². The van der Waals surface area contributed by atoms with E-state index >= 15 is 0 Å². The van der Waals surface area contributed by atoms with E-state index in [4.69, 9.17) is 4.74 Å². The molecule has 0 saturated carbocycles. The van der Waals surface area contributed by atoms with E-state index in [0.29, 0.717) is 49.9 Å². The number of ether oxygens (including phenoxy) is 1. The van der Waals surface area contributed by atoms with Gasteiger partial charge in [0.15, 0.2) is 5.96 Å². The molecule has 1 heterocycles. The van der Waals surface area contributed by atoms with Crippen LogP contribution in [0.1, 0.15) is 35.7 Å². The SMILES string of the molecule is CCOC(=O)N1CCC(NC(=NC)NCCNC(=O)c2ccc(C)c(F)c2)CC1.I. The van der Waals surface area contributed by atoms with Crippen LogP contribution < -0.4 is 16.0 Å². The summed E-state index contributed by atoms with van der Waals surface area (Å²) >= 11 is 0. The first-order chi connectivity index (χ1) is 13.9. The van der Waals surface area contributed by atoms with Crippen molar-refractivity contribution in [3.05, 3.63) is 35.1 Å². The highest BCUT2D eigenvalue weighted by atomic mass is 127. The highest BCUT2D eigenvalue weighted by Crippen LogP contribution is 2.11. The molecule has 10 heteroatoms. The molecule has 3 N–H and O–H groups in total. The van der Waals surface area contributed by atoms with Crippen molar-refractivity contribution < 1.29 is 18.7 Å². The van der Waals surface area contributed by atoms with Crippen LogP contribution in [-0.2, 0) is 4.74 Å². The van der Waals surface area contributed by atoms with E-state index < -0.39 is 5.82 Å². The number of likely N-dealkylation sites (tertiary alicyclic amines) is 1. The van der Waals surface area contributed by atoms with Gasteiger partial charge in [-0.3, -0.25) is 9.79 Å². The summed E-state index contributed by atoms with van der Waals surface area (Å²) in [7, 11) is 1.68. The van der Waals surface area contributed by atoms with Gasteiger partial charge < -0.3 is 25.6 Å². The molecule has 8 nitrogen and oxygen atoms in total. The maximum Gasteiger partial charge on any atom is 0.409 e. The molecule has 168 valence electrons. The third-order valence-corrected chi connectivity index (χ3v) is 4.72. The first-order valence-electron chi connectivity index (χ1n) is 9.87. The Morgan fingerprint density at radius 1 is 1.23 bits per heavy atom. The molecule has 2 rings (SSSR count). The molecule has 1 aliphatic rings. The molecule has 2 amide bonds. The molecule has 0 aromatic heterocycles. The molecule has 1 aliphatic heterocycles. The normalized spacial score (nSPS) is 14.5. The lowest BCUT2D eigenvalue weighted by Crippen LogP contribution is -2.50. The van der Waals surface area contributed by atoms with Gasteiger partial charge in [0, 0.05) is 44.8 Å². The van der Waals surface area contributed by atoms with Gasteiger partial charge in [0.25, 0.3) is 5.91 Å². The van der Waals surface area contributed by atoms with Gasteiger partial charge in [0.05, 0.1) is 6.61 Å². The predicted molar refractivity (Wildman–Crippen MR) is 125 cm³/mol. The molecule has 1 saturated heterocycles. The van der Waals surface area contributed by atoms with Crippen LogP contribution >= 0.6 is 24.0 Å². The Hall–Kier alpha value is -2.11. The number of piperidine rings is 1. The molecular formula is C20H31FIN5O3. The summed E-state index contributed by atoms with van der Waals surface area (Å²) in [6, 6.07) is 4.63. The molecule has 30 heavy (non-hydrogen) atoms. The number of carbonyl (C=O) groups is 2. The number of aliphatic imine (C=N–C) groups is 1. The van der Waals surface area contributed by atoms with Crippen LogP contribution in [0.3, 0.4) is 0 Å². The van der Waals surface area contributed by atoms with Gasteiger partial charge in [-0.05, 0) is 44.4 Å². The van der Waals surface area contributed by atoms with Crippen LogP contribution in [0.25, 0.3) is 0 Å². The van der Waals surface area contributed by atoms with E-state index in [1.165, 1.54) is 6.07 Å². The molecule has 0 unspecified atom stereocenters. The van der Waals surface area contributed by atoms with Gasteiger partial charge in [-0.15, -0.1) is 24.0 Å². The smallest absolute Gasteiger partial charge is 0.409 e. The first-order valence-corrected chi connectivity index (χ1v) is 9.87. The number of hydrogen-bond donors (Lipinski definition) is 3. The Bertz CT molecular complexity index is 739. The maximum absolute atomic E-state index is 13.6. The number of nitrogens with one attached hydrogen (secondary N) is 3. The Balaban J connectivity index is 0.00000450. The first kappa shape index (κ1) is 25.9. The fraction of sp³-hybridized carbons (Fsp3) is 0.550. The van der Waals surface area contributed by atoms with Gasteiger partial charge in [0.1, 0.15) is 5.82 Å². The summed E-state index contributed by atoms with van der Waals surface area (Å²) in [5.41, 5.74) is 0.801. The second-order valence-corrected chi connectivity index (χ2v) is 6.82. The van der Waals surface area contributed by atoms with Crippen molar-refractivity contribution in [3.8, 4) is 0 Å². The van der Waals surface area contributed by atoms with Crippen molar-refractivity contribution in [3.63, 3.8) is 0 Å². The number of halogens is 2. The number of benzene rings is 1. The van der Waals surface area contributed by atoms with E-state index in [1.807, 2.05) is 0 Å². The predicted octanol–water partition coefficient (Wildman–Crippen LogP) is 2.27. The average Bonchev–Trinajstić information content (AvgIpc) is 2.72. The number of aryl methyl sites for hydroxylation is 1. The zero-order valence-electron chi connectivity index (χ0n) is 17.7. The molecule has 0 atom stereocenters. The number of carbonyl (C=O) groups excluding carboxylic acids is 2. The highest BCUT2D eigenvalue weighted by Gasteiger charge is 2.24. The van der Waals surface area contributed by atoms with Gasteiger partial charge in [-0.25, -0.2) is 9.18 Å². The summed E-state index contributed by atoms with van der Waals surface area (Å²) in [5, 5.41) is 9.22. The summed E-state index contributed by atoms with van der Waals surface area (Å²) in [6.45, 7) is 5.94. The third kappa shape index (κ3) is 7.96. The Kier molecular flexibility index (Phi) is 11.4. The molecule has 1 fully saturated rings. The Morgan fingerprint density at radius 3 is 2.50 bits per heavy atom. The Labute approximate surface area is 194 Å². The molecule has 0 bridgehead atoms. The van der Waals surface area contributed by atoms with Crippen LogP contribution in [0.4, 0.5) is 9.18 Å². The minimum Gasteiger partial charge on any atom is -0.450 e. The van der Waals surface area contributed by atoms with Crippen molar-refractivity contribution in [1.82, 2.24) is 20.9 Å². The summed E-state index contributed by atoms with van der Waals surface area (Å²) in [4.78, 5) is 29.7. The molecule has 0 radical (unpaired) electrons. The van der Waals surface area contributed by atoms with E-state index in [-0.39, 0.29) is 42.0 Å². The highest BCUT2D eigenvalue weighted by molar-refractivity contribution is 14.0. The lowest BCUT2D eigenvalue weighted by Gasteiger charge is -2.32. The monoisotopic (exact) mass is 535 g/mol. The molecule has 0 aliphatic carbocycles. The minimum atomic E-state index is -0.394. The minimum absolute atomic E-state index is 0. The van der Waals surface area contributed by atoms with Gasteiger partial charge in [-0.1, -0.05) is 6.07 Å². The second kappa shape index (κ2) is 13.2. The second-order valence-electron chi connectivity index (χ2n) is 6.82. The largest absolute Gasteiger partial charge is 0.450 e. The summed E-state index contributed by atoms with van der Waals surface area (Å²) < 4.78 is 18.6. The van der Waals surface area contributed by atoms with Gasteiger partial charge in [0.2, 0.25) is 0 Å². The summed E-state index contributed by atoms with van der Waals surface area (Å²) in [5.74, 6) is -0.0791.